The Labute approximate surface area is 157 Å². The first-order valence-electron chi connectivity index (χ1n) is 8.67. The maximum Gasteiger partial charge on any atom is 0.307 e. The average molecular weight is 376 g/mol. The van der Waals surface area contributed by atoms with E-state index in [4.69, 9.17) is 21.1 Å². The highest BCUT2D eigenvalue weighted by atomic mass is 35.5. The number of carboxylic acids is 1. The van der Waals surface area contributed by atoms with Crippen LogP contribution >= 0.6 is 11.6 Å². The Morgan fingerprint density at radius 1 is 1.31 bits per heavy atom. The molecule has 1 saturated heterocycles. The molecule has 0 saturated carbocycles. The number of nitrogens with one attached hydrogen (secondary N) is 2. The lowest BCUT2D eigenvalue weighted by molar-refractivity contribution is -0.142. The van der Waals surface area contributed by atoms with Gasteiger partial charge in [0.25, 0.3) is 0 Å². The van der Waals surface area contributed by atoms with Crippen LogP contribution in [0.2, 0.25) is 5.02 Å². The molecule has 138 valence electrons. The molecule has 0 bridgehead atoms. The molecule has 1 aromatic carbocycles. The molecule has 0 radical (unpaired) electrons. The minimum absolute atomic E-state index is 0.286. The zero-order chi connectivity index (χ0) is 18.4. The number of carbonyl (C=O) groups is 1. The fourth-order valence-electron chi connectivity index (χ4n) is 3.07. The smallest absolute Gasteiger partial charge is 0.307 e. The van der Waals surface area contributed by atoms with Gasteiger partial charge in [-0.25, -0.2) is 0 Å². The van der Waals surface area contributed by atoms with Gasteiger partial charge in [-0.1, -0.05) is 11.6 Å². The first-order valence-corrected chi connectivity index (χ1v) is 9.05. The molecule has 6 nitrogen and oxygen atoms in total. The molecular formula is C19H22ClN3O3. The third-order valence-electron chi connectivity index (χ3n) is 4.49. The van der Waals surface area contributed by atoms with Crippen LogP contribution in [0.1, 0.15) is 18.6 Å². The largest absolute Gasteiger partial charge is 0.481 e. The van der Waals surface area contributed by atoms with Gasteiger partial charge in [-0.05, 0) is 61.7 Å². The van der Waals surface area contributed by atoms with Crippen molar-refractivity contribution < 1.29 is 14.3 Å². The number of benzene rings is 1. The van der Waals surface area contributed by atoms with Gasteiger partial charge < -0.3 is 20.3 Å². The summed E-state index contributed by atoms with van der Waals surface area (Å²) in [6.07, 6.45) is 3.23. The quantitative estimate of drug-likeness (QED) is 0.393. The first-order chi connectivity index (χ1) is 12.6. The molecule has 3 rings (SSSR count). The molecule has 3 N–H and O–H groups in total. The molecule has 1 fully saturated rings. The van der Waals surface area contributed by atoms with E-state index in [-0.39, 0.29) is 5.92 Å². The molecule has 0 spiro atoms. The van der Waals surface area contributed by atoms with Crippen LogP contribution in [0.25, 0.3) is 11.3 Å². The molecule has 0 unspecified atom stereocenters. The Balaban J connectivity index is 1.43. The zero-order valence-corrected chi connectivity index (χ0v) is 15.1. The van der Waals surface area contributed by atoms with Gasteiger partial charge in [0.05, 0.1) is 12.1 Å². The van der Waals surface area contributed by atoms with E-state index in [1.54, 1.807) is 6.21 Å². The lowest BCUT2D eigenvalue weighted by Crippen LogP contribution is -2.40. The van der Waals surface area contributed by atoms with Crippen LogP contribution in [0.15, 0.2) is 45.9 Å². The van der Waals surface area contributed by atoms with Crippen LogP contribution in [0.3, 0.4) is 0 Å². The summed E-state index contributed by atoms with van der Waals surface area (Å²) >= 11 is 5.89. The Bertz CT molecular complexity index is 758. The number of hydrogen-bond donors (Lipinski definition) is 3. The lowest BCUT2D eigenvalue weighted by Gasteiger charge is -2.27. The maximum absolute atomic E-state index is 11.1. The van der Waals surface area contributed by atoms with Crippen molar-refractivity contribution in [1.82, 2.24) is 10.7 Å². The summed E-state index contributed by atoms with van der Waals surface area (Å²) < 4.78 is 5.74. The van der Waals surface area contributed by atoms with Gasteiger partial charge in [-0.3, -0.25) is 4.79 Å². The van der Waals surface area contributed by atoms with Crippen molar-refractivity contribution in [2.45, 2.75) is 12.8 Å². The molecule has 2 aromatic rings. The average Bonchev–Trinajstić information content (AvgIpc) is 3.11. The van der Waals surface area contributed by atoms with Crippen molar-refractivity contribution in [3.8, 4) is 11.3 Å². The summed E-state index contributed by atoms with van der Waals surface area (Å²) in [5, 5.41) is 17.1. The van der Waals surface area contributed by atoms with Crippen molar-refractivity contribution >= 4 is 23.8 Å². The normalized spacial score (nSPS) is 20.3. The second-order valence-electron chi connectivity index (χ2n) is 6.46. The minimum atomic E-state index is -0.720. The summed E-state index contributed by atoms with van der Waals surface area (Å²) in [4.78, 5) is 11.1. The van der Waals surface area contributed by atoms with E-state index in [9.17, 15) is 4.79 Å². The van der Waals surface area contributed by atoms with Crippen LogP contribution in [0.5, 0.6) is 0 Å². The lowest BCUT2D eigenvalue weighted by atomic mass is 9.88. The number of nitrogens with zero attached hydrogens (tertiary/aromatic N) is 1. The first kappa shape index (κ1) is 18.5. The van der Waals surface area contributed by atoms with Crippen LogP contribution in [0, 0.1) is 11.8 Å². The fraction of sp³-hybridized carbons (Fsp3) is 0.368. The van der Waals surface area contributed by atoms with Crippen molar-refractivity contribution in [1.29, 1.82) is 0 Å². The molecule has 1 aliphatic rings. The van der Waals surface area contributed by atoms with Crippen molar-refractivity contribution in [3.63, 3.8) is 0 Å². The molecule has 0 amide bonds. The van der Waals surface area contributed by atoms with E-state index in [2.05, 4.69) is 15.8 Å². The molecular weight excluding hydrogens is 354 g/mol. The number of halogens is 1. The van der Waals surface area contributed by atoms with E-state index in [0.29, 0.717) is 29.8 Å². The Morgan fingerprint density at radius 3 is 2.88 bits per heavy atom. The highest BCUT2D eigenvalue weighted by molar-refractivity contribution is 6.30. The summed E-state index contributed by atoms with van der Waals surface area (Å²) in [7, 11) is 0. The Kier molecular flexibility index (Phi) is 6.30. The molecule has 1 aromatic heterocycles. The van der Waals surface area contributed by atoms with E-state index < -0.39 is 5.97 Å². The zero-order valence-electron chi connectivity index (χ0n) is 14.3. The number of rotatable bonds is 7. The second-order valence-corrected chi connectivity index (χ2v) is 6.90. The third kappa shape index (κ3) is 5.09. The van der Waals surface area contributed by atoms with E-state index in [0.717, 1.165) is 30.7 Å². The van der Waals surface area contributed by atoms with Gasteiger partial charge in [-0.15, -0.1) is 0 Å². The SMILES string of the molecule is O=C(O)[C@H]1CNC[C@@H](CCN/N=C/c2ccc(-c3ccc(Cl)cc3)o2)C1. The monoisotopic (exact) mass is 375 g/mol. The number of furan rings is 1. The highest BCUT2D eigenvalue weighted by Crippen LogP contribution is 2.23. The predicted molar refractivity (Wildman–Crippen MR) is 101 cm³/mol. The van der Waals surface area contributed by atoms with Crippen LogP contribution in [-0.2, 0) is 4.79 Å². The molecule has 7 heteroatoms. The van der Waals surface area contributed by atoms with E-state index in [1.165, 1.54) is 0 Å². The summed E-state index contributed by atoms with van der Waals surface area (Å²) in [5.41, 5.74) is 3.96. The van der Waals surface area contributed by atoms with Crippen LogP contribution in [0.4, 0.5) is 0 Å². The van der Waals surface area contributed by atoms with Gasteiger partial charge >= 0.3 is 5.97 Å². The number of hydrazone groups is 1. The number of hydrogen-bond acceptors (Lipinski definition) is 5. The number of carboxylic acid groups (broad SMARTS) is 1. The van der Waals surface area contributed by atoms with Crippen molar-refractivity contribution in [3.05, 3.63) is 47.2 Å². The number of piperidine rings is 1. The third-order valence-corrected chi connectivity index (χ3v) is 4.75. The van der Waals surface area contributed by atoms with E-state index in [1.807, 2.05) is 36.4 Å². The Hall–Kier alpha value is -2.31. The predicted octanol–water partition coefficient (Wildman–Crippen LogP) is 3.22. The van der Waals surface area contributed by atoms with E-state index >= 15 is 0 Å². The number of aliphatic carboxylic acids is 1. The summed E-state index contributed by atoms with van der Waals surface area (Å²) in [6, 6.07) is 11.2. The molecule has 2 atom stereocenters. The van der Waals surface area contributed by atoms with Crippen molar-refractivity contribution in [2.24, 2.45) is 16.9 Å². The van der Waals surface area contributed by atoms with Crippen LogP contribution in [-0.4, -0.2) is 36.9 Å². The minimum Gasteiger partial charge on any atom is -0.481 e. The summed E-state index contributed by atoms with van der Waals surface area (Å²) in [6.45, 7) is 2.11. The highest BCUT2D eigenvalue weighted by Gasteiger charge is 2.26. The fourth-order valence-corrected chi connectivity index (χ4v) is 3.20. The van der Waals surface area contributed by atoms with Gasteiger partial charge in [0.1, 0.15) is 11.5 Å². The van der Waals surface area contributed by atoms with Gasteiger partial charge in [0.15, 0.2) is 0 Å². The summed E-state index contributed by atoms with van der Waals surface area (Å²) in [5.74, 6) is 0.769. The molecule has 0 aliphatic carbocycles. The Morgan fingerprint density at radius 2 is 2.12 bits per heavy atom. The molecule has 2 heterocycles. The maximum atomic E-state index is 11.1. The van der Waals surface area contributed by atoms with Crippen molar-refractivity contribution in [2.75, 3.05) is 19.6 Å². The molecule has 1 aliphatic heterocycles. The standard InChI is InChI=1S/C19H22ClN3O3/c20-16-3-1-14(2-4-16)18-6-5-17(26-18)12-23-22-8-7-13-9-15(19(24)25)11-21-10-13/h1-6,12-13,15,21-22H,7-11H2,(H,24,25)/b23-12+/t13-,15+/m0/s1. The van der Waals surface area contributed by atoms with Gasteiger partial charge in [0.2, 0.25) is 0 Å². The van der Waals surface area contributed by atoms with Gasteiger partial charge in [0, 0.05) is 23.7 Å². The second kappa shape index (κ2) is 8.87. The topological polar surface area (TPSA) is 86.9 Å². The van der Waals surface area contributed by atoms with Gasteiger partial charge in [-0.2, -0.15) is 5.10 Å². The molecule has 26 heavy (non-hydrogen) atoms. The van der Waals surface area contributed by atoms with Crippen LogP contribution < -0.4 is 10.7 Å².